The van der Waals surface area contributed by atoms with E-state index < -0.39 is 0 Å². The van der Waals surface area contributed by atoms with Crippen LogP contribution in [-0.2, 0) is 18.6 Å². The molecule has 1 atom stereocenters. The van der Waals surface area contributed by atoms with E-state index in [9.17, 15) is 4.79 Å². The lowest BCUT2D eigenvalue weighted by Crippen LogP contribution is -2.36. The average Bonchev–Trinajstić information content (AvgIpc) is 3.31. The molecular formula is C26H33N7O. The highest BCUT2D eigenvalue weighted by Gasteiger charge is 2.31. The first-order valence-electron chi connectivity index (χ1n) is 11.9. The molecule has 0 unspecified atom stereocenters. The molecule has 34 heavy (non-hydrogen) atoms. The molecule has 8 nitrogen and oxygen atoms in total. The van der Waals surface area contributed by atoms with Gasteiger partial charge in [0.15, 0.2) is 5.82 Å². The van der Waals surface area contributed by atoms with Gasteiger partial charge >= 0.3 is 0 Å². The van der Waals surface area contributed by atoms with Crippen molar-refractivity contribution in [2.24, 2.45) is 0 Å². The maximum Gasteiger partial charge on any atom is 0.252 e. The largest absolute Gasteiger partial charge is 0.322 e. The smallest absolute Gasteiger partial charge is 0.252 e. The summed E-state index contributed by atoms with van der Waals surface area (Å²) in [7, 11) is 0. The van der Waals surface area contributed by atoms with Crippen LogP contribution in [0.3, 0.4) is 0 Å². The van der Waals surface area contributed by atoms with Crippen LogP contribution in [0.1, 0.15) is 69.1 Å². The van der Waals surface area contributed by atoms with Crippen LogP contribution in [0.25, 0.3) is 10.9 Å². The van der Waals surface area contributed by atoms with Gasteiger partial charge in [0.1, 0.15) is 0 Å². The molecule has 0 amide bonds. The SMILES string of the molecule is CC[C@@H](c1nnnn1C(C)(C)CC)N(Cc1cccnc1)Cc1cc2cc(C)ccc2[nH]c1=O. The van der Waals surface area contributed by atoms with Crippen molar-refractivity contribution in [3.8, 4) is 0 Å². The molecule has 0 bridgehead atoms. The minimum absolute atomic E-state index is 0.0733. The van der Waals surface area contributed by atoms with Crippen molar-refractivity contribution in [2.45, 2.75) is 72.1 Å². The Morgan fingerprint density at radius 2 is 1.97 bits per heavy atom. The standard InChI is InChI=1S/C26H33N7O/c1-6-23(24-29-30-31-33(24)26(4,5)7-2)32(16-19-9-8-12-27-15-19)17-21-14-20-13-18(3)10-11-22(20)28-25(21)34/h8-15,23H,6-7,16-17H2,1-5H3,(H,28,34)/t23-/m0/s1. The molecule has 0 aliphatic heterocycles. The molecule has 0 saturated heterocycles. The second kappa shape index (κ2) is 9.85. The zero-order valence-corrected chi connectivity index (χ0v) is 20.6. The normalized spacial score (nSPS) is 13.0. The van der Waals surface area contributed by atoms with Crippen molar-refractivity contribution in [3.05, 3.63) is 81.7 Å². The fourth-order valence-electron chi connectivity index (χ4n) is 4.30. The number of aromatic amines is 1. The Hall–Kier alpha value is -3.39. The van der Waals surface area contributed by atoms with Crippen LogP contribution in [0.5, 0.6) is 0 Å². The van der Waals surface area contributed by atoms with Gasteiger partial charge in [0.05, 0.1) is 11.6 Å². The van der Waals surface area contributed by atoms with Crippen LogP contribution in [0, 0.1) is 6.92 Å². The number of aromatic nitrogens is 6. The lowest BCUT2D eigenvalue weighted by atomic mass is 10.0. The Morgan fingerprint density at radius 3 is 2.68 bits per heavy atom. The van der Waals surface area contributed by atoms with Crippen LogP contribution in [0.4, 0.5) is 0 Å². The number of hydrogen-bond acceptors (Lipinski definition) is 6. The molecule has 0 spiro atoms. The van der Waals surface area contributed by atoms with E-state index in [0.29, 0.717) is 18.7 Å². The van der Waals surface area contributed by atoms with E-state index in [1.54, 1.807) is 6.20 Å². The van der Waals surface area contributed by atoms with Gasteiger partial charge in [-0.3, -0.25) is 14.7 Å². The Kier molecular flexibility index (Phi) is 6.88. The molecule has 4 aromatic rings. The van der Waals surface area contributed by atoms with Crippen molar-refractivity contribution in [1.82, 2.24) is 35.1 Å². The molecule has 1 N–H and O–H groups in total. The van der Waals surface area contributed by atoms with E-state index in [1.165, 1.54) is 0 Å². The number of H-pyrrole nitrogens is 1. The highest BCUT2D eigenvalue weighted by Crippen LogP contribution is 2.30. The number of rotatable bonds is 9. The summed E-state index contributed by atoms with van der Waals surface area (Å²) in [6.07, 6.45) is 5.33. The van der Waals surface area contributed by atoms with Gasteiger partial charge in [-0.1, -0.05) is 31.5 Å². The predicted octanol–water partition coefficient (Wildman–Crippen LogP) is 4.52. The Bertz CT molecular complexity index is 1310. The molecule has 0 saturated carbocycles. The van der Waals surface area contributed by atoms with Crippen LogP contribution in [0.15, 0.2) is 53.6 Å². The van der Waals surface area contributed by atoms with Gasteiger partial charge in [-0.25, -0.2) is 4.68 Å². The number of nitrogens with zero attached hydrogens (tertiary/aromatic N) is 6. The first kappa shape index (κ1) is 23.8. The number of pyridine rings is 2. The van der Waals surface area contributed by atoms with E-state index >= 15 is 0 Å². The number of tetrazole rings is 1. The zero-order valence-electron chi connectivity index (χ0n) is 20.6. The zero-order chi connectivity index (χ0) is 24.3. The third-order valence-electron chi connectivity index (χ3n) is 6.62. The van der Waals surface area contributed by atoms with Crippen LogP contribution in [-0.4, -0.2) is 35.1 Å². The molecule has 0 radical (unpaired) electrons. The molecule has 3 heterocycles. The second-order valence-corrected chi connectivity index (χ2v) is 9.52. The van der Waals surface area contributed by atoms with Gasteiger partial charge < -0.3 is 4.98 Å². The third-order valence-corrected chi connectivity index (χ3v) is 6.62. The van der Waals surface area contributed by atoms with Gasteiger partial charge in [-0.15, -0.1) is 5.10 Å². The molecular weight excluding hydrogens is 426 g/mol. The van der Waals surface area contributed by atoms with Gasteiger partial charge in [0, 0.05) is 36.6 Å². The highest BCUT2D eigenvalue weighted by atomic mass is 16.1. The summed E-state index contributed by atoms with van der Waals surface area (Å²) in [6, 6.07) is 12.0. The Morgan fingerprint density at radius 1 is 1.15 bits per heavy atom. The van der Waals surface area contributed by atoms with E-state index in [4.69, 9.17) is 0 Å². The second-order valence-electron chi connectivity index (χ2n) is 9.52. The number of fused-ring (bicyclic) bond motifs is 1. The molecule has 0 aliphatic rings. The van der Waals surface area contributed by atoms with Crippen molar-refractivity contribution in [1.29, 1.82) is 0 Å². The van der Waals surface area contributed by atoms with E-state index in [1.807, 2.05) is 35.1 Å². The number of aryl methyl sites for hydroxylation is 1. The molecule has 1 aromatic carbocycles. The van der Waals surface area contributed by atoms with Crippen LogP contribution in [0.2, 0.25) is 0 Å². The van der Waals surface area contributed by atoms with Crippen molar-refractivity contribution < 1.29 is 0 Å². The summed E-state index contributed by atoms with van der Waals surface area (Å²) in [5.74, 6) is 0.811. The minimum atomic E-state index is -0.218. The summed E-state index contributed by atoms with van der Waals surface area (Å²) in [5, 5.41) is 13.8. The fraction of sp³-hybridized carbons (Fsp3) is 0.423. The Balaban J connectivity index is 1.77. The average molecular weight is 460 g/mol. The summed E-state index contributed by atoms with van der Waals surface area (Å²) in [5.41, 5.74) is 3.50. The third kappa shape index (κ3) is 4.92. The summed E-state index contributed by atoms with van der Waals surface area (Å²) in [4.78, 5) is 22.7. The minimum Gasteiger partial charge on any atom is -0.322 e. The maximum atomic E-state index is 13.0. The van der Waals surface area contributed by atoms with Crippen LogP contribution < -0.4 is 5.56 Å². The molecule has 178 valence electrons. The first-order valence-corrected chi connectivity index (χ1v) is 11.9. The summed E-state index contributed by atoms with van der Waals surface area (Å²) in [6.45, 7) is 11.7. The maximum absolute atomic E-state index is 13.0. The van der Waals surface area contributed by atoms with Gasteiger partial charge in [0.25, 0.3) is 5.56 Å². The van der Waals surface area contributed by atoms with Crippen molar-refractivity contribution in [3.63, 3.8) is 0 Å². The first-order chi connectivity index (χ1) is 16.3. The van der Waals surface area contributed by atoms with Crippen LogP contribution >= 0.6 is 0 Å². The molecule has 4 rings (SSSR count). The summed E-state index contributed by atoms with van der Waals surface area (Å²) >= 11 is 0. The van der Waals surface area contributed by atoms with Gasteiger partial charge in [0.2, 0.25) is 0 Å². The van der Waals surface area contributed by atoms with E-state index in [-0.39, 0.29) is 17.1 Å². The van der Waals surface area contributed by atoms with Crippen molar-refractivity contribution in [2.75, 3.05) is 0 Å². The number of hydrogen-bond donors (Lipinski definition) is 1. The number of benzene rings is 1. The topological polar surface area (TPSA) is 92.6 Å². The molecule has 3 aromatic heterocycles. The van der Waals surface area contributed by atoms with Gasteiger partial charge in [-0.2, -0.15) is 0 Å². The number of nitrogens with one attached hydrogen (secondary N) is 1. The molecule has 0 aliphatic carbocycles. The van der Waals surface area contributed by atoms with Crippen molar-refractivity contribution >= 4 is 10.9 Å². The Labute approximate surface area is 200 Å². The van der Waals surface area contributed by atoms with E-state index in [0.717, 1.165) is 40.7 Å². The lowest BCUT2D eigenvalue weighted by molar-refractivity contribution is 0.150. The predicted molar refractivity (Wildman–Crippen MR) is 133 cm³/mol. The summed E-state index contributed by atoms with van der Waals surface area (Å²) < 4.78 is 1.94. The quantitative estimate of drug-likeness (QED) is 0.396. The van der Waals surface area contributed by atoms with E-state index in [2.05, 4.69) is 77.1 Å². The highest BCUT2D eigenvalue weighted by molar-refractivity contribution is 5.79. The lowest BCUT2D eigenvalue weighted by Gasteiger charge is -2.33. The molecule has 0 fully saturated rings. The monoisotopic (exact) mass is 459 g/mol. The van der Waals surface area contributed by atoms with Gasteiger partial charge in [-0.05, 0) is 79.3 Å². The molecule has 8 heteroatoms. The fourth-order valence-corrected chi connectivity index (χ4v) is 4.30.